The van der Waals surface area contributed by atoms with Crippen molar-refractivity contribution in [3.63, 3.8) is 0 Å². The van der Waals surface area contributed by atoms with Crippen LogP contribution in [0.25, 0.3) is 0 Å². The summed E-state index contributed by atoms with van der Waals surface area (Å²) in [6.45, 7) is 6.00. The first-order valence-electron chi connectivity index (χ1n) is 4.14. The third-order valence-corrected chi connectivity index (χ3v) is 3.50. The third-order valence-electron chi connectivity index (χ3n) is 1.76. The van der Waals surface area contributed by atoms with Crippen molar-refractivity contribution in [2.45, 2.75) is 26.4 Å². The maximum atomic E-state index is 11.6. The summed E-state index contributed by atoms with van der Waals surface area (Å²) < 4.78 is 11.6. The normalized spacial score (nSPS) is 11.8. The first-order valence-corrected chi connectivity index (χ1v) is 5.47. The van der Waals surface area contributed by atoms with E-state index in [-0.39, 0.29) is 5.66 Å². The van der Waals surface area contributed by atoms with Crippen LogP contribution in [0.1, 0.15) is 19.4 Å². The molecule has 1 unspecified atom stereocenters. The third kappa shape index (κ3) is 2.15. The number of rotatable bonds is 2. The molecular formula is C10H14OP+. The minimum Gasteiger partial charge on any atom is -0.0678 e. The van der Waals surface area contributed by atoms with Crippen molar-refractivity contribution in [2.24, 2.45) is 0 Å². The van der Waals surface area contributed by atoms with Crippen molar-refractivity contribution in [1.29, 1.82) is 0 Å². The van der Waals surface area contributed by atoms with Gasteiger partial charge >= 0.3 is 7.80 Å². The first-order chi connectivity index (χ1) is 5.61. The molecule has 0 aromatic heterocycles. The van der Waals surface area contributed by atoms with Crippen LogP contribution in [-0.2, 0) is 4.57 Å². The van der Waals surface area contributed by atoms with Crippen molar-refractivity contribution < 1.29 is 4.57 Å². The SMILES string of the molecule is Cc1ccc([P+](=O)C(C)C)cc1. The lowest BCUT2D eigenvalue weighted by molar-refractivity contribution is 0.588. The lowest BCUT2D eigenvalue weighted by Crippen LogP contribution is -2.01. The van der Waals surface area contributed by atoms with E-state index in [1.807, 2.05) is 45.0 Å². The second-order valence-electron chi connectivity index (χ2n) is 3.26. The zero-order chi connectivity index (χ0) is 9.14. The zero-order valence-electron chi connectivity index (χ0n) is 7.74. The Morgan fingerprint density at radius 3 is 2.08 bits per heavy atom. The van der Waals surface area contributed by atoms with Gasteiger partial charge in [-0.05, 0) is 32.9 Å². The van der Waals surface area contributed by atoms with Crippen LogP contribution >= 0.6 is 7.80 Å². The number of hydrogen-bond donors (Lipinski definition) is 0. The van der Waals surface area contributed by atoms with Gasteiger partial charge in [0.05, 0.1) is 0 Å². The van der Waals surface area contributed by atoms with Gasteiger partial charge in [0, 0.05) is 0 Å². The average Bonchev–Trinajstić information content (AvgIpc) is 2.04. The summed E-state index contributed by atoms with van der Waals surface area (Å²) in [5, 5.41) is 0.964. The van der Waals surface area contributed by atoms with Crippen molar-refractivity contribution in [1.82, 2.24) is 0 Å². The molecule has 0 amide bonds. The predicted molar refractivity (Wildman–Crippen MR) is 53.6 cm³/mol. The van der Waals surface area contributed by atoms with Crippen LogP contribution in [0, 0.1) is 6.92 Å². The van der Waals surface area contributed by atoms with E-state index in [0.717, 1.165) is 5.30 Å². The van der Waals surface area contributed by atoms with Crippen molar-refractivity contribution in [3.05, 3.63) is 29.8 Å². The molecule has 1 nitrogen and oxygen atoms in total. The van der Waals surface area contributed by atoms with E-state index >= 15 is 0 Å². The standard InChI is InChI=1S/C10H14OP/c1-8(2)12(11)10-6-4-9(3)5-7-10/h4-8H,1-3H3/q+1. The van der Waals surface area contributed by atoms with E-state index < -0.39 is 7.80 Å². The summed E-state index contributed by atoms with van der Waals surface area (Å²) in [6, 6.07) is 7.91. The van der Waals surface area contributed by atoms with Crippen LogP contribution in [0.3, 0.4) is 0 Å². The molecule has 0 heterocycles. The van der Waals surface area contributed by atoms with Gasteiger partial charge in [-0.15, -0.1) is 0 Å². The molecule has 0 saturated heterocycles. The molecule has 0 aliphatic heterocycles. The molecule has 1 aromatic carbocycles. The monoisotopic (exact) mass is 181 g/mol. The average molecular weight is 181 g/mol. The molecule has 0 aliphatic carbocycles. The van der Waals surface area contributed by atoms with Gasteiger partial charge in [0.2, 0.25) is 0 Å². The Bertz CT molecular complexity index is 274. The van der Waals surface area contributed by atoms with Crippen LogP contribution in [0.4, 0.5) is 0 Å². The van der Waals surface area contributed by atoms with Crippen LogP contribution in [0.5, 0.6) is 0 Å². The van der Waals surface area contributed by atoms with E-state index in [1.165, 1.54) is 5.56 Å². The summed E-state index contributed by atoms with van der Waals surface area (Å²) in [5.41, 5.74) is 1.45. The van der Waals surface area contributed by atoms with Gasteiger partial charge in [-0.2, -0.15) is 0 Å². The van der Waals surface area contributed by atoms with Gasteiger partial charge in [0.1, 0.15) is 0 Å². The fourth-order valence-corrected chi connectivity index (χ4v) is 2.03. The van der Waals surface area contributed by atoms with Crippen molar-refractivity contribution in [2.75, 3.05) is 0 Å². The minimum atomic E-state index is -1.20. The predicted octanol–water partition coefficient (Wildman–Crippen LogP) is 2.86. The summed E-state index contributed by atoms with van der Waals surface area (Å²) >= 11 is 0. The summed E-state index contributed by atoms with van der Waals surface area (Å²) in [6.07, 6.45) is 0. The highest BCUT2D eigenvalue weighted by Gasteiger charge is 2.23. The highest BCUT2D eigenvalue weighted by atomic mass is 31.1. The number of aryl methyl sites for hydroxylation is 1. The molecule has 0 radical (unpaired) electrons. The van der Waals surface area contributed by atoms with Crippen LogP contribution < -0.4 is 5.30 Å². The fraction of sp³-hybridized carbons (Fsp3) is 0.400. The Morgan fingerprint density at radius 1 is 1.17 bits per heavy atom. The van der Waals surface area contributed by atoms with Gasteiger partial charge in [0.15, 0.2) is 11.0 Å². The van der Waals surface area contributed by atoms with Gasteiger partial charge < -0.3 is 0 Å². The molecule has 0 aliphatic rings. The summed E-state index contributed by atoms with van der Waals surface area (Å²) in [4.78, 5) is 0. The molecule has 1 rings (SSSR count). The number of benzene rings is 1. The first kappa shape index (κ1) is 9.41. The van der Waals surface area contributed by atoms with E-state index in [9.17, 15) is 4.57 Å². The van der Waals surface area contributed by atoms with E-state index in [4.69, 9.17) is 0 Å². The highest BCUT2D eigenvalue weighted by Crippen LogP contribution is 2.26. The van der Waals surface area contributed by atoms with Crippen LogP contribution in [0.15, 0.2) is 24.3 Å². The Hall–Kier alpha value is -0.680. The van der Waals surface area contributed by atoms with Crippen LogP contribution in [0.2, 0.25) is 0 Å². The fourth-order valence-electron chi connectivity index (χ4n) is 0.990. The van der Waals surface area contributed by atoms with E-state index in [0.29, 0.717) is 0 Å². The maximum Gasteiger partial charge on any atom is 0.379 e. The zero-order valence-corrected chi connectivity index (χ0v) is 8.64. The Morgan fingerprint density at radius 2 is 1.67 bits per heavy atom. The molecule has 0 N–H and O–H groups in total. The summed E-state index contributed by atoms with van der Waals surface area (Å²) in [5.74, 6) is 0. The molecule has 1 atom stereocenters. The summed E-state index contributed by atoms with van der Waals surface area (Å²) in [7, 11) is -1.20. The molecule has 1 aromatic rings. The topological polar surface area (TPSA) is 17.1 Å². The van der Waals surface area contributed by atoms with Gasteiger partial charge in [-0.25, -0.2) is 0 Å². The molecule has 0 spiro atoms. The lowest BCUT2D eigenvalue weighted by Gasteiger charge is -1.92. The highest BCUT2D eigenvalue weighted by molar-refractivity contribution is 7.54. The largest absolute Gasteiger partial charge is 0.379 e. The van der Waals surface area contributed by atoms with Gasteiger partial charge in [-0.3, -0.25) is 0 Å². The quantitative estimate of drug-likeness (QED) is 0.641. The smallest absolute Gasteiger partial charge is 0.0678 e. The molecule has 0 bridgehead atoms. The molecule has 0 saturated carbocycles. The van der Waals surface area contributed by atoms with E-state index in [1.54, 1.807) is 0 Å². The van der Waals surface area contributed by atoms with Gasteiger partial charge in [0.25, 0.3) is 0 Å². The van der Waals surface area contributed by atoms with Gasteiger partial charge in [-0.1, -0.05) is 22.3 Å². The van der Waals surface area contributed by atoms with E-state index in [2.05, 4.69) is 0 Å². The molecule has 2 heteroatoms. The maximum absolute atomic E-state index is 11.6. The lowest BCUT2D eigenvalue weighted by atomic mass is 10.2. The second kappa shape index (κ2) is 3.82. The molecule has 64 valence electrons. The van der Waals surface area contributed by atoms with Crippen molar-refractivity contribution >= 4 is 13.1 Å². The second-order valence-corrected chi connectivity index (χ2v) is 5.46. The van der Waals surface area contributed by atoms with Crippen molar-refractivity contribution in [3.8, 4) is 0 Å². The Labute approximate surface area is 74.6 Å². The Balaban J connectivity index is 2.90. The van der Waals surface area contributed by atoms with Crippen LogP contribution in [-0.4, -0.2) is 5.66 Å². The number of hydrogen-bond acceptors (Lipinski definition) is 1. The minimum absolute atomic E-state index is 0.239. The molecular weight excluding hydrogens is 167 g/mol. The molecule has 12 heavy (non-hydrogen) atoms. The molecule has 0 fully saturated rings. The Kier molecular flexibility index (Phi) is 2.99.